The Hall–Kier alpha value is -0.830. The number of thioether (sulfide) groups is 1. The van der Waals surface area contributed by atoms with Crippen LogP contribution in [0, 0.1) is 0 Å². The van der Waals surface area contributed by atoms with E-state index in [0.717, 1.165) is 28.5 Å². The first-order valence-electron chi connectivity index (χ1n) is 8.89. The van der Waals surface area contributed by atoms with Gasteiger partial charge in [-0.1, -0.05) is 35.3 Å². The number of aliphatic hydroxyl groups is 4. The fourth-order valence-corrected chi connectivity index (χ4v) is 5.73. The zero-order valence-electron chi connectivity index (χ0n) is 14.8. The summed E-state index contributed by atoms with van der Waals surface area (Å²) < 4.78 is 5.95. The van der Waals surface area contributed by atoms with Crippen molar-refractivity contribution < 1.29 is 25.2 Å². The summed E-state index contributed by atoms with van der Waals surface area (Å²) in [6, 6.07) is 11.2. The first kappa shape index (κ1) is 20.4. The molecule has 2 heterocycles. The van der Waals surface area contributed by atoms with Gasteiger partial charge in [0.25, 0.3) is 0 Å². The highest BCUT2D eigenvalue weighted by molar-refractivity contribution is 8.00. The van der Waals surface area contributed by atoms with Crippen molar-refractivity contribution in [2.75, 3.05) is 6.61 Å². The van der Waals surface area contributed by atoms with Crippen LogP contribution in [0.4, 0.5) is 0 Å². The van der Waals surface area contributed by atoms with Gasteiger partial charge in [0.15, 0.2) is 4.93 Å². The first-order valence-corrected chi connectivity index (χ1v) is 10.5. The molecule has 8 heteroatoms. The van der Waals surface area contributed by atoms with Crippen molar-refractivity contribution in [1.82, 2.24) is 0 Å². The number of fused-ring (bicyclic) bond motifs is 2. The van der Waals surface area contributed by atoms with Gasteiger partial charge in [-0.05, 0) is 47.4 Å². The first-order chi connectivity index (χ1) is 13.4. The maximum atomic E-state index is 10.8. The zero-order chi connectivity index (χ0) is 20.1. The van der Waals surface area contributed by atoms with Gasteiger partial charge >= 0.3 is 0 Å². The molecule has 0 unspecified atom stereocenters. The molecule has 1 saturated heterocycles. The average molecular weight is 443 g/mol. The highest BCUT2D eigenvalue weighted by atomic mass is 35.5. The second-order valence-electron chi connectivity index (χ2n) is 7.13. The van der Waals surface area contributed by atoms with E-state index in [0.29, 0.717) is 22.0 Å². The summed E-state index contributed by atoms with van der Waals surface area (Å²) in [6.07, 6.45) is -3.46. The Bertz CT molecular complexity index is 876. The highest BCUT2D eigenvalue weighted by Gasteiger charge is 2.57. The van der Waals surface area contributed by atoms with Gasteiger partial charge in [0.2, 0.25) is 0 Å². The third kappa shape index (κ3) is 3.36. The Morgan fingerprint density at radius 1 is 1.07 bits per heavy atom. The van der Waals surface area contributed by atoms with Crippen molar-refractivity contribution >= 4 is 35.0 Å². The third-order valence-electron chi connectivity index (χ3n) is 5.35. The molecule has 1 spiro atoms. The van der Waals surface area contributed by atoms with Gasteiger partial charge in [0, 0.05) is 15.6 Å². The van der Waals surface area contributed by atoms with Crippen LogP contribution >= 0.6 is 35.0 Å². The lowest BCUT2D eigenvalue weighted by atomic mass is 9.91. The minimum atomic E-state index is -1.43. The smallest absolute Gasteiger partial charge is 0.168 e. The Kier molecular flexibility index (Phi) is 5.68. The van der Waals surface area contributed by atoms with Crippen LogP contribution < -0.4 is 0 Å². The van der Waals surface area contributed by atoms with Gasteiger partial charge in [-0.25, -0.2) is 0 Å². The van der Waals surface area contributed by atoms with Crippen LogP contribution in [-0.2, 0) is 22.7 Å². The molecular formula is C20H20Cl2O5S. The number of hydrogen-bond donors (Lipinski definition) is 4. The quantitative estimate of drug-likeness (QED) is 0.583. The number of halogens is 2. The zero-order valence-corrected chi connectivity index (χ0v) is 17.1. The largest absolute Gasteiger partial charge is 0.395 e. The van der Waals surface area contributed by atoms with Crippen LogP contribution in [-0.4, -0.2) is 50.6 Å². The van der Waals surface area contributed by atoms with E-state index in [9.17, 15) is 20.4 Å². The summed E-state index contributed by atoms with van der Waals surface area (Å²) in [5.41, 5.74) is 3.40. The predicted octanol–water partition coefficient (Wildman–Crippen LogP) is 2.46. The number of hydrogen-bond acceptors (Lipinski definition) is 6. The van der Waals surface area contributed by atoms with Crippen molar-refractivity contribution in [1.29, 1.82) is 0 Å². The third-order valence-corrected chi connectivity index (χ3v) is 7.61. The lowest BCUT2D eigenvalue weighted by Crippen LogP contribution is -2.58. The Morgan fingerprint density at radius 3 is 2.46 bits per heavy atom. The molecule has 0 amide bonds. The van der Waals surface area contributed by atoms with Gasteiger partial charge in [-0.2, -0.15) is 0 Å². The van der Waals surface area contributed by atoms with E-state index in [2.05, 4.69) is 0 Å². The second kappa shape index (κ2) is 7.78. The van der Waals surface area contributed by atoms with Crippen LogP contribution in [0.2, 0.25) is 10.0 Å². The summed E-state index contributed by atoms with van der Waals surface area (Å²) in [5.74, 6) is 0. The minimum absolute atomic E-state index is 0.224. The van der Waals surface area contributed by atoms with E-state index in [1.165, 1.54) is 0 Å². The van der Waals surface area contributed by atoms with Crippen molar-refractivity contribution in [3.63, 3.8) is 0 Å². The SMILES string of the molecule is OC[C@H]1S[C@]2(OCc3cc(Cl)c(Cc4ccc(Cl)cc4)cc32)[C@H](O)[C@@H](O)[C@@H]1O. The molecule has 2 aromatic rings. The van der Waals surface area contributed by atoms with Crippen molar-refractivity contribution in [3.8, 4) is 0 Å². The summed E-state index contributed by atoms with van der Waals surface area (Å²) in [5, 5.41) is 41.4. The maximum absolute atomic E-state index is 10.8. The monoisotopic (exact) mass is 442 g/mol. The van der Waals surface area contributed by atoms with Gasteiger partial charge in [-0.15, -0.1) is 11.8 Å². The molecule has 4 N–H and O–H groups in total. The van der Waals surface area contributed by atoms with Crippen LogP contribution in [0.25, 0.3) is 0 Å². The molecule has 0 bridgehead atoms. The predicted molar refractivity (Wildman–Crippen MR) is 109 cm³/mol. The average Bonchev–Trinajstić information content (AvgIpc) is 3.03. The summed E-state index contributed by atoms with van der Waals surface area (Å²) in [6.45, 7) is -0.122. The van der Waals surface area contributed by atoms with Gasteiger partial charge in [0.1, 0.15) is 12.2 Å². The maximum Gasteiger partial charge on any atom is 0.168 e. The van der Waals surface area contributed by atoms with E-state index in [1.54, 1.807) is 0 Å². The van der Waals surface area contributed by atoms with Crippen molar-refractivity contribution in [3.05, 3.63) is 68.7 Å². The lowest BCUT2D eigenvalue weighted by molar-refractivity contribution is -0.147. The summed E-state index contributed by atoms with van der Waals surface area (Å²) in [7, 11) is 0. The molecule has 1 fully saturated rings. The summed E-state index contributed by atoms with van der Waals surface area (Å²) >= 11 is 13.6. The molecule has 2 aromatic carbocycles. The Morgan fingerprint density at radius 2 is 1.79 bits per heavy atom. The molecular weight excluding hydrogens is 423 g/mol. The molecule has 0 saturated carbocycles. The number of ether oxygens (including phenoxy) is 1. The normalized spacial score (nSPS) is 31.9. The molecule has 0 aliphatic carbocycles. The van der Waals surface area contributed by atoms with Crippen LogP contribution in [0.1, 0.15) is 22.3 Å². The van der Waals surface area contributed by atoms with Gasteiger partial charge < -0.3 is 25.2 Å². The molecule has 150 valence electrons. The molecule has 0 aromatic heterocycles. The number of aliphatic hydroxyl groups excluding tert-OH is 4. The minimum Gasteiger partial charge on any atom is -0.395 e. The van der Waals surface area contributed by atoms with E-state index in [-0.39, 0.29) is 13.2 Å². The van der Waals surface area contributed by atoms with Crippen LogP contribution in [0.3, 0.4) is 0 Å². The van der Waals surface area contributed by atoms with E-state index in [1.807, 2.05) is 36.4 Å². The van der Waals surface area contributed by atoms with Crippen molar-refractivity contribution in [2.24, 2.45) is 0 Å². The van der Waals surface area contributed by atoms with Crippen molar-refractivity contribution in [2.45, 2.75) is 41.5 Å². The van der Waals surface area contributed by atoms with Gasteiger partial charge in [0.05, 0.1) is 24.6 Å². The molecule has 5 nitrogen and oxygen atoms in total. The van der Waals surface area contributed by atoms with Gasteiger partial charge in [-0.3, -0.25) is 0 Å². The molecule has 28 heavy (non-hydrogen) atoms. The Balaban J connectivity index is 1.73. The van der Waals surface area contributed by atoms with Crippen LogP contribution in [0.5, 0.6) is 0 Å². The fraction of sp³-hybridized carbons (Fsp3) is 0.400. The second-order valence-corrected chi connectivity index (χ2v) is 9.42. The molecule has 2 aliphatic heterocycles. The standard InChI is InChI=1S/C20H20Cl2O5S/c21-13-3-1-10(2-4-13)5-11-6-14-12(7-15(11)22)9-27-20(14)19(26)18(25)17(24)16(8-23)28-20/h1-4,6-7,16-19,23-26H,5,8-9H2/t16-,17-,18+,19-,20+/m1/s1. The molecule has 0 radical (unpaired) electrons. The highest BCUT2D eigenvalue weighted by Crippen LogP contribution is 2.54. The lowest BCUT2D eigenvalue weighted by Gasteiger charge is -2.45. The fourth-order valence-electron chi connectivity index (χ4n) is 3.81. The molecule has 4 rings (SSSR count). The molecule has 5 atom stereocenters. The number of rotatable bonds is 3. The summed E-state index contributed by atoms with van der Waals surface area (Å²) in [4.78, 5) is -1.26. The number of benzene rings is 2. The van der Waals surface area contributed by atoms with E-state index >= 15 is 0 Å². The van der Waals surface area contributed by atoms with E-state index in [4.69, 9.17) is 27.9 Å². The topological polar surface area (TPSA) is 90.2 Å². The Labute approximate surface area is 176 Å². The van der Waals surface area contributed by atoms with Crippen LogP contribution in [0.15, 0.2) is 36.4 Å². The van der Waals surface area contributed by atoms with E-state index < -0.39 is 28.5 Å². The molecule has 2 aliphatic rings.